The van der Waals surface area contributed by atoms with E-state index in [4.69, 9.17) is 0 Å². The zero-order chi connectivity index (χ0) is 15.9. The Hall–Kier alpha value is -0.610. The molecule has 2 heterocycles. The van der Waals surface area contributed by atoms with Crippen LogP contribution < -0.4 is 5.32 Å². The lowest BCUT2D eigenvalue weighted by molar-refractivity contribution is 0.185. The number of hydrogen-bond acceptors (Lipinski definition) is 3. The number of likely N-dealkylation sites (tertiary alicyclic amines) is 1. The van der Waals surface area contributed by atoms with Gasteiger partial charge >= 0.3 is 0 Å². The van der Waals surface area contributed by atoms with Crippen molar-refractivity contribution in [1.29, 1.82) is 0 Å². The molecule has 1 unspecified atom stereocenters. The van der Waals surface area contributed by atoms with Gasteiger partial charge in [0.1, 0.15) is 0 Å². The van der Waals surface area contributed by atoms with Crippen LogP contribution in [-0.2, 0) is 6.54 Å². The average molecular weight is 352 g/mol. The predicted molar refractivity (Wildman–Crippen MR) is 105 cm³/mol. The van der Waals surface area contributed by atoms with Crippen LogP contribution in [0.15, 0.2) is 30.3 Å². The molecule has 1 atom stereocenters. The van der Waals surface area contributed by atoms with Gasteiger partial charge in [-0.3, -0.25) is 4.90 Å². The Morgan fingerprint density at radius 3 is 2.46 bits per heavy atom. The van der Waals surface area contributed by atoms with Crippen LogP contribution in [0.2, 0.25) is 0 Å². The molecule has 0 radical (unpaired) electrons. The van der Waals surface area contributed by atoms with Crippen molar-refractivity contribution in [3.63, 3.8) is 0 Å². The molecule has 0 spiro atoms. The first kappa shape index (κ1) is 19.7. The highest BCUT2D eigenvalue weighted by Gasteiger charge is 2.25. The van der Waals surface area contributed by atoms with E-state index in [9.17, 15) is 0 Å². The van der Waals surface area contributed by atoms with Crippen LogP contribution >= 0.6 is 12.4 Å². The Labute approximate surface area is 154 Å². The van der Waals surface area contributed by atoms with Crippen molar-refractivity contribution in [1.82, 2.24) is 15.1 Å². The smallest absolute Gasteiger partial charge is 0.0233 e. The lowest BCUT2D eigenvalue weighted by Crippen LogP contribution is -2.38. The third-order valence-corrected chi connectivity index (χ3v) is 5.56. The van der Waals surface area contributed by atoms with E-state index in [1.807, 2.05) is 0 Å². The first-order valence-electron chi connectivity index (χ1n) is 9.53. The predicted octanol–water partition coefficient (Wildman–Crippen LogP) is 3.25. The summed E-state index contributed by atoms with van der Waals surface area (Å²) in [5, 5.41) is 3.48. The summed E-state index contributed by atoms with van der Waals surface area (Å²) in [6.45, 7) is 12.3. The van der Waals surface area contributed by atoms with Crippen molar-refractivity contribution in [2.24, 2.45) is 11.8 Å². The van der Waals surface area contributed by atoms with Gasteiger partial charge in [-0.1, -0.05) is 37.3 Å². The Kier molecular flexibility index (Phi) is 8.54. The second-order valence-electron chi connectivity index (χ2n) is 7.42. The Balaban J connectivity index is 0.00000208. The minimum atomic E-state index is 0. The number of halogens is 1. The van der Waals surface area contributed by atoms with E-state index in [1.54, 1.807) is 0 Å². The third-order valence-electron chi connectivity index (χ3n) is 5.56. The number of nitrogens with one attached hydrogen (secondary N) is 1. The van der Waals surface area contributed by atoms with Crippen molar-refractivity contribution in [3.05, 3.63) is 35.9 Å². The Morgan fingerprint density at radius 1 is 1.04 bits per heavy atom. The maximum atomic E-state index is 3.48. The van der Waals surface area contributed by atoms with Crippen LogP contribution in [0.3, 0.4) is 0 Å². The molecule has 1 N–H and O–H groups in total. The maximum Gasteiger partial charge on any atom is 0.0233 e. The van der Waals surface area contributed by atoms with Gasteiger partial charge in [-0.2, -0.15) is 0 Å². The molecule has 2 saturated heterocycles. The highest BCUT2D eigenvalue weighted by atomic mass is 35.5. The van der Waals surface area contributed by atoms with Gasteiger partial charge in [-0.05, 0) is 62.8 Å². The highest BCUT2D eigenvalue weighted by Crippen LogP contribution is 2.21. The van der Waals surface area contributed by atoms with Gasteiger partial charge in [0.2, 0.25) is 0 Å². The molecule has 136 valence electrons. The molecule has 0 aliphatic carbocycles. The Bertz CT molecular complexity index is 447. The molecule has 3 rings (SSSR count). The largest absolute Gasteiger partial charge is 0.317 e. The summed E-state index contributed by atoms with van der Waals surface area (Å²) in [6, 6.07) is 10.9. The first-order chi connectivity index (χ1) is 11.3. The third kappa shape index (κ3) is 6.03. The summed E-state index contributed by atoms with van der Waals surface area (Å²) in [5.74, 6) is 1.78. The Morgan fingerprint density at radius 2 is 1.75 bits per heavy atom. The molecule has 0 amide bonds. The summed E-state index contributed by atoms with van der Waals surface area (Å²) in [6.07, 6.45) is 4.10. The standard InChI is InChI=1S/C20H33N3.ClH/c1-2-22(14-19-8-11-21-12-9-19)16-20-10-13-23(17-20)15-18-6-4-3-5-7-18;/h3-7,19-21H,2,8-17H2,1H3;1H. The molecule has 4 heteroatoms. The van der Waals surface area contributed by atoms with E-state index in [0.29, 0.717) is 0 Å². The lowest BCUT2D eigenvalue weighted by atomic mass is 9.97. The molecule has 2 aliphatic heterocycles. The van der Waals surface area contributed by atoms with E-state index in [2.05, 4.69) is 52.4 Å². The maximum absolute atomic E-state index is 3.48. The van der Waals surface area contributed by atoms with E-state index >= 15 is 0 Å². The summed E-state index contributed by atoms with van der Waals surface area (Å²) in [5.41, 5.74) is 1.45. The highest BCUT2D eigenvalue weighted by molar-refractivity contribution is 5.85. The van der Waals surface area contributed by atoms with Gasteiger partial charge in [0.15, 0.2) is 0 Å². The lowest BCUT2D eigenvalue weighted by Gasteiger charge is -2.31. The van der Waals surface area contributed by atoms with Crippen LogP contribution in [0.4, 0.5) is 0 Å². The quantitative estimate of drug-likeness (QED) is 0.813. The molecule has 2 aliphatic rings. The van der Waals surface area contributed by atoms with Crippen molar-refractivity contribution >= 4 is 12.4 Å². The van der Waals surface area contributed by atoms with Crippen LogP contribution in [-0.4, -0.2) is 55.6 Å². The first-order valence-corrected chi connectivity index (χ1v) is 9.53. The number of hydrogen-bond donors (Lipinski definition) is 1. The SMILES string of the molecule is CCN(CC1CCNCC1)CC1CCN(Cc2ccccc2)C1.Cl. The molecule has 3 nitrogen and oxygen atoms in total. The van der Waals surface area contributed by atoms with E-state index in [-0.39, 0.29) is 12.4 Å². The zero-order valence-electron chi connectivity index (χ0n) is 15.1. The molecule has 1 aromatic rings. The van der Waals surface area contributed by atoms with Gasteiger partial charge < -0.3 is 10.2 Å². The fourth-order valence-corrected chi connectivity index (χ4v) is 4.17. The van der Waals surface area contributed by atoms with E-state index < -0.39 is 0 Å². The van der Waals surface area contributed by atoms with Crippen molar-refractivity contribution in [2.75, 3.05) is 45.8 Å². The number of benzene rings is 1. The van der Waals surface area contributed by atoms with Gasteiger partial charge in [-0.25, -0.2) is 0 Å². The number of rotatable bonds is 7. The second-order valence-corrected chi connectivity index (χ2v) is 7.42. The zero-order valence-corrected chi connectivity index (χ0v) is 15.9. The minimum Gasteiger partial charge on any atom is -0.317 e. The number of nitrogens with zero attached hydrogens (tertiary/aromatic N) is 2. The van der Waals surface area contributed by atoms with Gasteiger partial charge in [0, 0.05) is 26.2 Å². The minimum absolute atomic E-state index is 0. The van der Waals surface area contributed by atoms with Crippen molar-refractivity contribution in [3.8, 4) is 0 Å². The van der Waals surface area contributed by atoms with Crippen LogP contribution in [0.25, 0.3) is 0 Å². The average Bonchev–Trinajstić information content (AvgIpc) is 3.03. The summed E-state index contributed by atoms with van der Waals surface area (Å²) < 4.78 is 0. The fourth-order valence-electron chi connectivity index (χ4n) is 4.17. The van der Waals surface area contributed by atoms with Gasteiger partial charge in [0.25, 0.3) is 0 Å². The van der Waals surface area contributed by atoms with E-state index in [0.717, 1.165) is 18.4 Å². The normalized spacial score (nSPS) is 22.7. The molecule has 1 aromatic carbocycles. The van der Waals surface area contributed by atoms with Crippen molar-refractivity contribution < 1.29 is 0 Å². The summed E-state index contributed by atoms with van der Waals surface area (Å²) >= 11 is 0. The molecule has 24 heavy (non-hydrogen) atoms. The van der Waals surface area contributed by atoms with Crippen LogP contribution in [0, 0.1) is 11.8 Å². The molecule has 0 saturated carbocycles. The fraction of sp³-hybridized carbons (Fsp3) is 0.700. The number of piperidine rings is 1. The molecular weight excluding hydrogens is 318 g/mol. The van der Waals surface area contributed by atoms with Gasteiger partial charge in [0.05, 0.1) is 0 Å². The molecule has 2 fully saturated rings. The topological polar surface area (TPSA) is 18.5 Å². The monoisotopic (exact) mass is 351 g/mol. The molecule has 0 aromatic heterocycles. The summed E-state index contributed by atoms with van der Waals surface area (Å²) in [7, 11) is 0. The molecule has 0 bridgehead atoms. The van der Waals surface area contributed by atoms with Crippen LogP contribution in [0.5, 0.6) is 0 Å². The van der Waals surface area contributed by atoms with Crippen molar-refractivity contribution in [2.45, 2.75) is 32.7 Å². The van der Waals surface area contributed by atoms with E-state index in [1.165, 1.54) is 70.6 Å². The summed E-state index contributed by atoms with van der Waals surface area (Å²) in [4.78, 5) is 5.35. The second kappa shape index (κ2) is 10.4. The van der Waals surface area contributed by atoms with Crippen LogP contribution in [0.1, 0.15) is 31.7 Å². The van der Waals surface area contributed by atoms with Gasteiger partial charge in [-0.15, -0.1) is 12.4 Å². The molecular formula is C20H34ClN3.